The third kappa shape index (κ3) is 4.40. The average Bonchev–Trinajstić information content (AvgIpc) is 3.48. The second-order valence-electron chi connectivity index (χ2n) is 6.92. The van der Waals surface area contributed by atoms with Crippen LogP contribution in [0.15, 0.2) is 48.5 Å². The zero-order valence-electron chi connectivity index (χ0n) is 15.7. The summed E-state index contributed by atoms with van der Waals surface area (Å²) in [5, 5.41) is 2.85. The van der Waals surface area contributed by atoms with E-state index in [1.807, 2.05) is 0 Å². The highest BCUT2D eigenvalue weighted by atomic mass is 32.2. The Morgan fingerprint density at radius 2 is 1.57 bits per heavy atom. The minimum atomic E-state index is -4.46. The van der Waals surface area contributed by atoms with Crippen molar-refractivity contribution in [3.8, 4) is 0 Å². The number of hydrazine groups is 1. The zero-order chi connectivity index (χ0) is 22.2. The number of benzene rings is 2. The van der Waals surface area contributed by atoms with Gasteiger partial charge < -0.3 is 5.32 Å². The molecule has 0 bridgehead atoms. The normalized spacial score (nSPS) is 15.2. The van der Waals surface area contributed by atoms with Gasteiger partial charge in [0.2, 0.25) is 0 Å². The predicted octanol–water partition coefficient (Wildman–Crippen LogP) is 2.79. The van der Waals surface area contributed by atoms with E-state index in [-0.39, 0.29) is 24.1 Å². The Morgan fingerprint density at radius 1 is 0.967 bits per heavy atom. The van der Waals surface area contributed by atoms with Gasteiger partial charge in [-0.1, -0.05) is 12.1 Å². The van der Waals surface area contributed by atoms with Crippen LogP contribution in [0.4, 0.5) is 24.5 Å². The van der Waals surface area contributed by atoms with Crippen LogP contribution in [-0.2, 0) is 20.8 Å². The number of sulfone groups is 1. The van der Waals surface area contributed by atoms with Crippen LogP contribution in [0.2, 0.25) is 0 Å². The number of para-hydroxylation sites is 1. The first kappa shape index (κ1) is 21.6. The summed E-state index contributed by atoms with van der Waals surface area (Å²) in [7, 11) is -3.62. The summed E-state index contributed by atoms with van der Waals surface area (Å²) in [4.78, 5) is 24.7. The van der Waals surface area contributed by atoms with Crippen LogP contribution < -0.4 is 16.2 Å². The fourth-order valence-corrected chi connectivity index (χ4v) is 4.09. The number of anilines is 2. The molecule has 0 radical (unpaired) electrons. The van der Waals surface area contributed by atoms with Crippen LogP contribution in [0.3, 0.4) is 0 Å². The molecule has 1 aliphatic carbocycles. The van der Waals surface area contributed by atoms with Crippen LogP contribution in [0.5, 0.6) is 0 Å². The third-order valence-electron chi connectivity index (χ3n) is 4.78. The summed E-state index contributed by atoms with van der Waals surface area (Å²) in [6, 6.07) is 10.4. The fourth-order valence-electron chi connectivity index (χ4n) is 2.86. The molecule has 1 aliphatic rings. The van der Waals surface area contributed by atoms with Crippen molar-refractivity contribution in [2.24, 2.45) is 0 Å². The third-order valence-corrected chi connectivity index (χ3v) is 6.79. The maximum absolute atomic E-state index is 12.7. The number of rotatable bonds is 5. The molecule has 30 heavy (non-hydrogen) atoms. The van der Waals surface area contributed by atoms with E-state index in [1.54, 1.807) is 12.1 Å². The molecule has 0 unspecified atom stereocenters. The van der Waals surface area contributed by atoms with Crippen molar-refractivity contribution in [1.82, 2.24) is 10.9 Å². The monoisotopic (exact) mass is 441 g/mol. The minimum absolute atomic E-state index is 0.0990. The van der Waals surface area contributed by atoms with E-state index >= 15 is 0 Å². The van der Waals surface area contributed by atoms with Gasteiger partial charge in [0.05, 0.1) is 16.8 Å². The molecule has 1 saturated carbocycles. The number of carbonyl (C=O) groups excluding carboxylic acids is 2. The van der Waals surface area contributed by atoms with Gasteiger partial charge in [-0.25, -0.2) is 8.42 Å². The molecule has 3 rings (SSSR count). The van der Waals surface area contributed by atoms with Gasteiger partial charge >= 0.3 is 6.18 Å². The Morgan fingerprint density at radius 3 is 2.10 bits per heavy atom. The smallest absolute Gasteiger partial charge is 0.355 e. The van der Waals surface area contributed by atoms with Crippen molar-refractivity contribution in [2.45, 2.75) is 23.8 Å². The standard InChI is InChI=1S/C19H18F3N3O4S/c1-30(28,29)18(10-11-18)17(27)25-24-16(26)14-4-2-3-5-15(14)23-13-8-6-12(7-9-13)19(20,21)22/h2-9,23H,10-11H2,1H3,(H,24,26)(H,25,27). The lowest BCUT2D eigenvalue weighted by Crippen LogP contribution is -2.49. The van der Waals surface area contributed by atoms with Crippen molar-refractivity contribution < 1.29 is 31.2 Å². The van der Waals surface area contributed by atoms with E-state index in [1.165, 1.54) is 24.3 Å². The average molecular weight is 441 g/mol. The maximum atomic E-state index is 12.7. The fraction of sp³-hybridized carbons (Fsp3) is 0.263. The molecule has 2 amide bonds. The molecule has 0 atom stereocenters. The molecule has 0 heterocycles. The Hall–Kier alpha value is -3.08. The summed E-state index contributed by atoms with van der Waals surface area (Å²) in [6.07, 6.45) is -3.14. The lowest BCUT2D eigenvalue weighted by atomic mass is 10.1. The maximum Gasteiger partial charge on any atom is 0.416 e. The summed E-state index contributed by atoms with van der Waals surface area (Å²) in [5.74, 6) is -1.53. The molecule has 0 spiro atoms. The lowest BCUT2D eigenvalue weighted by Gasteiger charge is -2.16. The molecule has 3 N–H and O–H groups in total. The highest BCUT2D eigenvalue weighted by molar-refractivity contribution is 7.93. The topological polar surface area (TPSA) is 104 Å². The molecule has 2 aromatic rings. The number of nitrogens with one attached hydrogen (secondary N) is 3. The number of carbonyl (C=O) groups is 2. The minimum Gasteiger partial charge on any atom is -0.355 e. The predicted molar refractivity (Wildman–Crippen MR) is 104 cm³/mol. The van der Waals surface area contributed by atoms with Gasteiger partial charge in [0.15, 0.2) is 14.6 Å². The molecule has 2 aromatic carbocycles. The summed E-state index contributed by atoms with van der Waals surface area (Å²) in [5.41, 5.74) is 4.22. The summed E-state index contributed by atoms with van der Waals surface area (Å²) < 4.78 is 60.1. The molecular formula is C19H18F3N3O4S. The second kappa shape index (κ2) is 7.63. The molecule has 0 aliphatic heterocycles. The molecule has 7 nitrogen and oxygen atoms in total. The number of alkyl halides is 3. The molecule has 0 saturated heterocycles. The molecule has 11 heteroatoms. The van der Waals surface area contributed by atoms with Crippen molar-refractivity contribution in [1.29, 1.82) is 0 Å². The van der Waals surface area contributed by atoms with E-state index in [4.69, 9.17) is 0 Å². The first-order valence-electron chi connectivity index (χ1n) is 8.78. The first-order valence-corrected chi connectivity index (χ1v) is 10.7. The van der Waals surface area contributed by atoms with Crippen LogP contribution in [0.25, 0.3) is 0 Å². The van der Waals surface area contributed by atoms with Gasteiger partial charge in [-0.2, -0.15) is 13.2 Å². The van der Waals surface area contributed by atoms with E-state index in [0.29, 0.717) is 5.69 Å². The Labute approximate surface area is 170 Å². The van der Waals surface area contributed by atoms with Gasteiger partial charge in [0.25, 0.3) is 11.8 Å². The lowest BCUT2D eigenvalue weighted by molar-refractivity contribution is -0.137. The number of hydrogen-bond acceptors (Lipinski definition) is 5. The van der Waals surface area contributed by atoms with Gasteiger partial charge in [-0.05, 0) is 49.2 Å². The zero-order valence-corrected chi connectivity index (χ0v) is 16.5. The summed E-state index contributed by atoms with van der Waals surface area (Å²) in [6.45, 7) is 0. The molecule has 160 valence electrons. The second-order valence-corrected chi connectivity index (χ2v) is 9.25. The van der Waals surface area contributed by atoms with Crippen LogP contribution in [0, 0.1) is 0 Å². The largest absolute Gasteiger partial charge is 0.416 e. The van der Waals surface area contributed by atoms with Crippen molar-refractivity contribution in [3.63, 3.8) is 0 Å². The quantitative estimate of drug-likeness (QED) is 0.619. The number of hydrogen-bond donors (Lipinski definition) is 3. The van der Waals surface area contributed by atoms with Crippen LogP contribution >= 0.6 is 0 Å². The highest BCUT2D eigenvalue weighted by Gasteiger charge is 2.58. The van der Waals surface area contributed by atoms with Crippen molar-refractivity contribution >= 4 is 33.0 Å². The van der Waals surface area contributed by atoms with Crippen LogP contribution in [0.1, 0.15) is 28.8 Å². The van der Waals surface area contributed by atoms with Crippen molar-refractivity contribution in [3.05, 3.63) is 59.7 Å². The van der Waals surface area contributed by atoms with E-state index in [0.717, 1.165) is 18.4 Å². The van der Waals surface area contributed by atoms with Gasteiger partial charge in [0.1, 0.15) is 0 Å². The Kier molecular flexibility index (Phi) is 5.50. The van der Waals surface area contributed by atoms with Gasteiger partial charge in [-0.3, -0.25) is 20.4 Å². The van der Waals surface area contributed by atoms with Gasteiger partial charge in [0, 0.05) is 11.9 Å². The van der Waals surface area contributed by atoms with E-state index in [2.05, 4.69) is 16.2 Å². The number of halogens is 3. The van der Waals surface area contributed by atoms with E-state index < -0.39 is 38.1 Å². The Bertz CT molecular complexity index is 1080. The SMILES string of the molecule is CS(=O)(=O)C1(C(=O)NNC(=O)c2ccccc2Nc2ccc(C(F)(F)F)cc2)CC1. The molecule has 0 aromatic heterocycles. The Balaban J connectivity index is 1.70. The molecular weight excluding hydrogens is 423 g/mol. The first-order chi connectivity index (χ1) is 13.9. The highest BCUT2D eigenvalue weighted by Crippen LogP contribution is 2.43. The molecule has 1 fully saturated rings. The van der Waals surface area contributed by atoms with Gasteiger partial charge in [-0.15, -0.1) is 0 Å². The van der Waals surface area contributed by atoms with E-state index in [9.17, 15) is 31.2 Å². The van der Waals surface area contributed by atoms with Crippen LogP contribution in [-0.4, -0.2) is 31.2 Å². The van der Waals surface area contributed by atoms with Crippen molar-refractivity contribution in [2.75, 3.05) is 11.6 Å². The summed E-state index contributed by atoms with van der Waals surface area (Å²) >= 11 is 0. The number of amides is 2.